The van der Waals surface area contributed by atoms with Crippen molar-refractivity contribution in [3.63, 3.8) is 0 Å². The van der Waals surface area contributed by atoms with Crippen LogP contribution in [0.3, 0.4) is 0 Å². The molecule has 3 aromatic rings. The van der Waals surface area contributed by atoms with Crippen LogP contribution in [0.15, 0.2) is 59.7 Å². The number of aromatic carboxylic acids is 1. The molecule has 170 valence electrons. The lowest BCUT2D eigenvalue weighted by atomic mass is 9.89. The van der Waals surface area contributed by atoms with Gasteiger partial charge in [0.1, 0.15) is 6.34 Å². The molecule has 2 heterocycles. The van der Waals surface area contributed by atoms with Crippen molar-refractivity contribution in [2.45, 2.75) is 24.7 Å². The van der Waals surface area contributed by atoms with Gasteiger partial charge in [-0.1, -0.05) is 35.9 Å². The summed E-state index contributed by atoms with van der Waals surface area (Å²) in [6.45, 7) is 1.77. The van der Waals surface area contributed by atoms with Crippen LogP contribution >= 0.6 is 11.6 Å². The van der Waals surface area contributed by atoms with Crippen LogP contribution in [-0.4, -0.2) is 23.3 Å². The van der Waals surface area contributed by atoms with E-state index in [9.17, 15) is 14.7 Å². The van der Waals surface area contributed by atoms with E-state index in [1.54, 1.807) is 30.4 Å². The number of anilines is 2. The summed E-state index contributed by atoms with van der Waals surface area (Å²) in [6, 6.07) is 17.1. The van der Waals surface area contributed by atoms with Gasteiger partial charge in [-0.25, -0.2) is 15.3 Å². The number of carbonyl (C=O) groups is 2. The highest BCUT2D eigenvalue weighted by molar-refractivity contribution is 6.34. The molecule has 0 aromatic heterocycles. The summed E-state index contributed by atoms with van der Waals surface area (Å²) < 4.78 is 0. The predicted molar refractivity (Wildman–Crippen MR) is 130 cm³/mol. The molecule has 1 spiro atoms. The van der Waals surface area contributed by atoms with Gasteiger partial charge < -0.3 is 10.4 Å². The smallest absolute Gasteiger partial charge is 0.335 e. The summed E-state index contributed by atoms with van der Waals surface area (Å²) in [4.78, 5) is 24.8. The number of fused-ring (bicyclic) bond motifs is 2. The maximum atomic E-state index is 13.1. The van der Waals surface area contributed by atoms with Crippen molar-refractivity contribution in [2.24, 2.45) is 5.10 Å². The van der Waals surface area contributed by atoms with Gasteiger partial charge in [-0.15, -0.1) is 5.53 Å². The van der Waals surface area contributed by atoms with Crippen LogP contribution in [-0.2, 0) is 10.2 Å². The number of nitrogens with one attached hydrogen (secondary N) is 3. The molecule has 3 aliphatic rings. The van der Waals surface area contributed by atoms with Gasteiger partial charge in [-0.05, 0) is 65.9 Å². The first-order chi connectivity index (χ1) is 16.4. The lowest BCUT2D eigenvalue weighted by Crippen LogP contribution is -2.37. The number of rotatable bonds is 4. The number of hydrogen-bond acceptors (Lipinski definition) is 6. The molecule has 34 heavy (non-hydrogen) atoms. The Balaban J connectivity index is 1.37. The Kier molecular flexibility index (Phi) is 4.45. The molecule has 0 saturated heterocycles. The third-order valence-corrected chi connectivity index (χ3v) is 7.27. The van der Waals surface area contributed by atoms with Gasteiger partial charge in [0.15, 0.2) is 0 Å². The number of benzene rings is 3. The van der Waals surface area contributed by atoms with Gasteiger partial charge in [0, 0.05) is 17.2 Å². The zero-order valence-corrected chi connectivity index (χ0v) is 18.8. The van der Waals surface area contributed by atoms with E-state index in [1.165, 1.54) is 0 Å². The Morgan fingerprint density at radius 3 is 2.68 bits per heavy atom. The van der Waals surface area contributed by atoms with Gasteiger partial charge >= 0.3 is 5.97 Å². The highest BCUT2D eigenvalue weighted by Crippen LogP contribution is 2.65. The molecule has 3 aromatic carbocycles. The van der Waals surface area contributed by atoms with Gasteiger partial charge in [0.25, 0.3) is 0 Å². The van der Waals surface area contributed by atoms with Crippen molar-refractivity contribution in [3.05, 3.63) is 81.9 Å². The number of hydrazine groups is 2. The fraction of sp³-hybridized carbons (Fsp3) is 0.160. The second kappa shape index (κ2) is 7.31. The first-order valence-electron chi connectivity index (χ1n) is 10.8. The van der Waals surface area contributed by atoms with Gasteiger partial charge in [0.05, 0.1) is 21.7 Å². The van der Waals surface area contributed by atoms with Crippen molar-refractivity contribution in [3.8, 4) is 11.1 Å². The Morgan fingerprint density at radius 2 is 1.97 bits per heavy atom. The second-order valence-electron chi connectivity index (χ2n) is 8.82. The minimum atomic E-state index is -0.964. The number of halogens is 1. The van der Waals surface area contributed by atoms with Crippen molar-refractivity contribution in [1.29, 1.82) is 0 Å². The Morgan fingerprint density at radius 1 is 1.18 bits per heavy atom. The van der Waals surface area contributed by atoms with E-state index in [1.807, 2.05) is 42.5 Å². The number of aryl methyl sites for hydroxylation is 1. The number of carboxylic acid groups (broad SMARTS) is 1. The molecule has 8 nitrogen and oxygen atoms in total. The van der Waals surface area contributed by atoms with E-state index in [-0.39, 0.29) is 17.4 Å². The van der Waals surface area contributed by atoms with Gasteiger partial charge in [-0.3, -0.25) is 4.79 Å². The van der Waals surface area contributed by atoms with Crippen LogP contribution in [0.2, 0.25) is 5.02 Å². The van der Waals surface area contributed by atoms with E-state index in [4.69, 9.17) is 11.6 Å². The van der Waals surface area contributed by atoms with E-state index < -0.39 is 11.4 Å². The summed E-state index contributed by atoms with van der Waals surface area (Å²) in [5.41, 5.74) is 11.0. The Hall–Kier alpha value is -3.88. The van der Waals surface area contributed by atoms with Gasteiger partial charge in [0.2, 0.25) is 5.91 Å². The maximum absolute atomic E-state index is 13.1. The van der Waals surface area contributed by atoms with E-state index in [0.717, 1.165) is 27.9 Å². The Bertz CT molecular complexity index is 1400. The number of hydrazone groups is 1. The van der Waals surface area contributed by atoms with Crippen LogP contribution in [0.4, 0.5) is 11.4 Å². The second-order valence-corrected chi connectivity index (χ2v) is 9.23. The first kappa shape index (κ1) is 20.7. The lowest BCUT2D eigenvalue weighted by molar-refractivity contribution is -0.118. The predicted octanol–water partition coefficient (Wildman–Crippen LogP) is 4.16. The van der Waals surface area contributed by atoms with Crippen molar-refractivity contribution in [1.82, 2.24) is 11.1 Å². The molecule has 6 rings (SSSR count). The highest BCUT2D eigenvalue weighted by Gasteiger charge is 2.65. The lowest BCUT2D eigenvalue weighted by Gasteiger charge is -2.15. The van der Waals surface area contributed by atoms with Crippen LogP contribution in [0, 0.1) is 6.92 Å². The SMILES string of the molecule is Cc1ccc(C2CC23C(=O)Nc2cc(Cl)c(-c4ccc(N5C=NNN5)cc4)cc23)cc1C(=O)O. The molecular formula is C25H20ClN5O3. The third kappa shape index (κ3) is 2.99. The summed E-state index contributed by atoms with van der Waals surface area (Å²) in [6.07, 6.45) is 2.26. The van der Waals surface area contributed by atoms with Crippen LogP contribution in [0.25, 0.3) is 11.1 Å². The fourth-order valence-electron chi connectivity index (χ4n) is 5.05. The minimum Gasteiger partial charge on any atom is -0.478 e. The molecule has 1 aliphatic carbocycles. The molecule has 2 aliphatic heterocycles. The number of carboxylic acids is 1. The van der Waals surface area contributed by atoms with Crippen LogP contribution in [0.5, 0.6) is 0 Å². The fourth-order valence-corrected chi connectivity index (χ4v) is 5.33. The molecule has 0 bridgehead atoms. The largest absolute Gasteiger partial charge is 0.478 e. The monoisotopic (exact) mass is 473 g/mol. The number of nitrogens with zero attached hydrogens (tertiary/aromatic N) is 2. The van der Waals surface area contributed by atoms with E-state index in [2.05, 4.69) is 21.5 Å². The van der Waals surface area contributed by atoms with Crippen LogP contribution in [0.1, 0.15) is 39.4 Å². The highest BCUT2D eigenvalue weighted by atomic mass is 35.5. The molecule has 9 heteroatoms. The topological polar surface area (TPSA) is 106 Å². The minimum absolute atomic E-state index is 0.0691. The molecule has 1 saturated carbocycles. The number of carbonyl (C=O) groups excluding carboxylic acids is 1. The average Bonchev–Trinajstić information content (AvgIpc) is 3.21. The maximum Gasteiger partial charge on any atom is 0.335 e. The molecule has 4 N–H and O–H groups in total. The molecule has 1 fully saturated rings. The molecule has 2 unspecified atom stereocenters. The third-order valence-electron chi connectivity index (χ3n) is 6.96. The number of amides is 1. The van der Waals surface area contributed by atoms with Gasteiger partial charge in [-0.2, -0.15) is 5.10 Å². The molecule has 1 amide bonds. The standard InChI is InChI=1S/C25H20ClN5O3/c1-13-2-3-15(8-17(13)23(32)33)20-11-25(20)19-9-18(21(26)10-22(19)28-24(25)34)14-4-6-16(7-5-14)31-12-27-29-30-31/h2-10,12,20,29-30H,11H2,1H3,(H,28,34)(H,32,33). The van der Waals surface area contributed by atoms with Crippen molar-refractivity contribution in [2.75, 3.05) is 10.3 Å². The number of hydrogen-bond donors (Lipinski definition) is 4. The zero-order valence-electron chi connectivity index (χ0n) is 18.1. The average molecular weight is 474 g/mol. The summed E-state index contributed by atoms with van der Waals surface area (Å²) in [5.74, 6) is -1.12. The normalized spacial score (nSPS) is 22.0. The Labute approximate surface area is 200 Å². The van der Waals surface area contributed by atoms with Crippen molar-refractivity contribution < 1.29 is 14.7 Å². The van der Waals surface area contributed by atoms with E-state index in [0.29, 0.717) is 22.7 Å². The summed E-state index contributed by atoms with van der Waals surface area (Å²) in [5, 5.41) is 18.7. The zero-order chi connectivity index (χ0) is 23.6. The molecule has 0 radical (unpaired) electrons. The van der Waals surface area contributed by atoms with Crippen LogP contribution < -0.4 is 21.4 Å². The molecular weight excluding hydrogens is 454 g/mol. The van der Waals surface area contributed by atoms with E-state index >= 15 is 0 Å². The quantitative estimate of drug-likeness (QED) is 0.453. The first-order valence-corrected chi connectivity index (χ1v) is 11.2. The summed E-state index contributed by atoms with van der Waals surface area (Å²) in [7, 11) is 0. The summed E-state index contributed by atoms with van der Waals surface area (Å²) >= 11 is 6.63. The molecule has 2 atom stereocenters. The van der Waals surface area contributed by atoms with Crippen molar-refractivity contribution >= 4 is 41.2 Å².